The Balaban J connectivity index is 2.27. The first-order valence-electron chi connectivity index (χ1n) is 10.5. The van der Waals surface area contributed by atoms with Gasteiger partial charge in [0.25, 0.3) is 16.0 Å². The average molecular weight is 530 g/mol. The van der Waals surface area contributed by atoms with E-state index in [1.165, 1.54) is 4.90 Å². The molecule has 2 aromatic carbocycles. The maximum atomic E-state index is 13.8. The number of esters is 1. The van der Waals surface area contributed by atoms with Crippen LogP contribution in [-0.2, 0) is 33.4 Å². The van der Waals surface area contributed by atoms with Crippen LogP contribution in [0.25, 0.3) is 0 Å². The van der Waals surface area contributed by atoms with E-state index in [2.05, 4.69) is 0 Å². The van der Waals surface area contributed by atoms with Gasteiger partial charge in [-0.2, -0.15) is 8.42 Å². The second-order valence-electron chi connectivity index (χ2n) is 7.94. The van der Waals surface area contributed by atoms with Crippen LogP contribution in [-0.4, -0.2) is 51.4 Å². The summed E-state index contributed by atoms with van der Waals surface area (Å²) in [5.74, 6) is -1.72. The van der Waals surface area contributed by atoms with E-state index in [0.29, 0.717) is 26.9 Å². The fourth-order valence-corrected chi connectivity index (χ4v) is 4.75. The van der Waals surface area contributed by atoms with Crippen molar-refractivity contribution in [2.75, 3.05) is 17.8 Å². The van der Waals surface area contributed by atoms with Crippen molar-refractivity contribution in [1.29, 1.82) is 0 Å². The van der Waals surface area contributed by atoms with E-state index in [4.69, 9.17) is 36.9 Å². The highest BCUT2D eigenvalue weighted by atomic mass is 35.5. The van der Waals surface area contributed by atoms with Gasteiger partial charge in [-0.25, -0.2) is 4.79 Å². The molecule has 0 aliphatic carbocycles. The summed E-state index contributed by atoms with van der Waals surface area (Å²) in [7, 11) is -4.17. The fraction of sp³-hybridized carbons (Fsp3) is 0.391. The van der Waals surface area contributed by atoms with Crippen LogP contribution >= 0.6 is 23.2 Å². The molecule has 3 rings (SSSR count). The van der Waals surface area contributed by atoms with Crippen LogP contribution in [0.15, 0.2) is 42.5 Å². The molecule has 1 heterocycles. The number of rotatable bonds is 7. The number of amides is 1. The van der Waals surface area contributed by atoms with Crippen LogP contribution in [0.1, 0.15) is 38.0 Å². The molecule has 0 fully saturated rings. The topological polar surface area (TPSA) is 99.2 Å². The lowest BCUT2D eigenvalue weighted by Crippen LogP contribution is -2.52. The number of anilines is 1. The Bertz CT molecular complexity index is 1190. The van der Waals surface area contributed by atoms with Crippen molar-refractivity contribution < 1.29 is 31.7 Å². The van der Waals surface area contributed by atoms with Crippen molar-refractivity contribution >= 4 is 50.9 Å². The minimum atomic E-state index is -4.17. The molecule has 0 unspecified atom stereocenters. The standard InChI is InChI=1S/C23H25Cl2NO7S/c1-5-31-23(28)21(33-34(4,29)30)20-22(27)26(13(2)3)18-11-10-14(24)12-16(18)19(32-20)15-8-6-7-9-17(15)25/h6-13,19-21H,5H2,1-4H3/t19-,20+,21-/m0/s1. The molecule has 2 aromatic rings. The van der Waals surface area contributed by atoms with Gasteiger partial charge in [0.2, 0.25) is 6.10 Å². The molecule has 34 heavy (non-hydrogen) atoms. The zero-order valence-corrected chi connectivity index (χ0v) is 21.4. The molecule has 184 valence electrons. The highest BCUT2D eigenvalue weighted by Gasteiger charge is 2.47. The SMILES string of the molecule is CCOC(=O)[C@@H](OS(C)(=O)=O)[C@H]1O[C@@H](c2ccccc2Cl)c2cc(Cl)ccc2N(C(C)C)C1=O. The summed E-state index contributed by atoms with van der Waals surface area (Å²) < 4.78 is 40.3. The third-order valence-electron chi connectivity index (χ3n) is 5.07. The molecule has 0 bridgehead atoms. The summed E-state index contributed by atoms with van der Waals surface area (Å²) in [6.45, 7) is 5.05. The van der Waals surface area contributed by atoms with Crippen LogP contribution in [0, 0.1) is 0 Å². The number of hydrogen-bond acceptors (Lipinski definition) is 7. The highest BCUT2D eigenvalue weighted by molar-refractivity contribution is 7.86. The van der Waals surface area contributed by atoms with Crippen molar-refractivity contribution in [3.8, 4) is 0 Å². The lowest BCUT2D eigenvalue weighted by atomic mass is 9.99. The quantitative estimate of drug-likeness (QED) is 0.392. The van der Waals surface area contributed by atoms with Gasteiger partial charge in [-0.3, -0.25) is 8.98 Å². The summed E-state index contributed by atoms with van der Waals surface area (Å²) in [5, 5.41) is 0.739. The minimum absolute atomic E-state index is 0.0545. The Morgan fingerprint density at radius 3 is 2.41 bits per heavy atom. The molecule has 3 atom stereocenters. The van der Waals surface area contributed by atoms with Crippen molar-refractivity contribution in [1.82, 2.24) is 0 Å². The lowest BCUT2D eigenvalue weighted by molar-refractivity contribution is -0.165. The summed E-state index contributed by atoms with van der Waals surface area (Å²) in [5.41, 5.74) is 1.50. The number of ether oxygens (including phenoxy) is 2. The van der Waals surface area contributed by atoms with Crippen molar-refractivity contribution in [3.05, 3.63) is 63.6 Å². The van der Waals surface area contributed by atoms with Gasteiger partial charge in [-0.15, -0.1) is 0 Å². The van der Waals surface area contributed by atoms with E-state index in [1.807, 2.05) is 0 Å². The monoisotopic (exact) mass is 529 g/mol. The molecular weight excluding hydrogens is 505 g/mol. The first kappa shape index (κ1) is 26.4. The van der Waals surface area contributed by atoms with Crippen LogP contribution in [0.2, 0.25) is 10.0 Å². The van der Waals surface area contributed by atoms with Crippen LogP contribution in [0.4, 0.5) is 5.69 Å². The van der Waals surface area contributed by atoms with Crippen molar-refractivity contribution in [2.45, 2.75) is 45.1 Å². The van der Waals surface area contributed by atoms with E-state index in [9.17, 15) is 18.0 Å². The predicted octanol–water partition coefficient (Wildman–Crippen LogP) is 4.13. The molecule has 0 saturated carbocycles. The molecule has 0 N–H and O–H groups in total. The summed E-state index contributed by atoms with van der Waals surface area (Å²) >= 11 is 12.8. The molecule has 0 aromatic heterocycles. The summed E-state index contributed by atoms with van der Waals surface area (Å²) in [6, 6.07) is 11.4. The van der Waals surface area contributed by atoms with E-state index in [1.54, 1.807) is 63.2 Å². The van der Waals surface area contributed by atoms with E-state index >= 15 is 0 Å². The Hall–Kier alpha value is -2.17. The van der Waals surface area contributed by atoms with Gasteiger partial charge in [0, 0.05) is 27.2 Å². The number of carbonyl (C=O) groups is 2. The lowest BCUT2D eigenvalue weighted by Gasteiger charge is -2.30. The molecular formula is C23H25Cl2NO7S. The van der Waals surface area contributed by atoms with Gasteiger partial charge in [0.1, 0.15) is 6.10 Å². The average Bonchev–Trinajstić information content (AvgIpc) is 2.86. The molecule has 1 aliphatic heterocycles. The van der Waals surface area contributed by atoms with Crippen molar-refractivity contribution in [2.24, 2.45) is 0 Å². The largest absolute Gasteiger partial charge is 0.464 e. The molecule has 8 nitrogen and oxygen atoms in total. The predicted molar refractivity (Wildman–Crippen MR) is 129 cm³/mol. The number of fused-ring (bicyclic) bond motifs is 1. The molecule has 11 heteroatoms. The first-order chi connectivity index (χ1) is 15.9. The molecule has 1 aliphatic rings. The normalized spacial score (nSPS) is 19.5. The maximum Gasteiger partial charge on any atom is 0.340 e. The number of nitrogens with zero attached hydrogens (tertiary/aromatic N) is 1. The van der Waals surface area contributed by atoms with Gasteiger partial charge < -0.3 is 14.4 Å². The van der Waals surface area contributed by atoms with Gasteiger partial charge in [-0.1, -0.05) is 41.4 Å². The van der Waals surface area contributed by atoms with Crippen LogP contribution in [0.3, 0.4) is 0 Å². The van der Waals surface area contributed by atoms with Gasteiger partial charge in [-0.05, 0) is 45.0 Å². The summed E-state index contributed by atoms with van der Waals surface area (Å²) in [4.78, 5) is 28.0. The second-order valence-corrected chi connectivity index (χ2v) is 10.4. The van der Waals surface area contributed by atoms with Crippen LogP contribution in [0.5, 0.6) is 0 Å². The smallest absolute Gasteiger partial charge is 0.340 e. The molecule has 0 radical (unpaired) electrons. The Morgan fingerprint density at radius 1 is 1.15 bits per heavy atom. The fourth-order valence-electron chi connectivity index (χ4n) is 3.78. The zero-order valence-electron chi connectivity index (χ0n) is 19.0. The number of hydrogen-bond donors (Lipinski definition) is 0. The Labute approximate surface area is 208 Å². The molecule has 0 spiro atoms. The molecule has 0 saturated heterocycles. The maximum absolute atomic E-state index is 13.8. The first-order valence-corrected chi connectivity index (χ1v) is 13.1. The molecule has 1 amide bonds. The Kier molecular flexibility index (Phi) is 8.26. The number of halogens is 2. The Morgan fingerprint density at radius 2 is 1.82 bits per heavy atom. The van der Waals surface area contributed by atoms with E-state index < -0.39 is 40.3 Å². The van der Waals surface area contributed by atoms with E-state index in [-0.39, 0.29) is 12.6 Å². The van der Waals surface area contributed by atoms with Gasteiger partial charge in [0.05, 0.1) is 18.6 Å². The number of carbonyl (C=O) groups excluding carboxylic acids is 2. The second kappa shape index (κ2) is 10.6. The van der Waals surface area contributed by atoms with Crippen molar-refractivity contribution in [3.63, 3.8) is 0 Å². The minimum Gasteiger partial charge on any atom is -0.464 e. The summed E-state index contributed by atoms with van der Waals surface area (Å²) in [6.07, 6.45) is -3.73. The third kappa shape index (κ3) is 5.72. The zero-order chi connectivity index (χ0) is 25.2. The highest BCUT2D eigenvalue weighted by Crippen LogP contribution is 2.42. The van der Waals surface area contributed by atoms with Crippen LogP contribution < -0.4 is 4.90 Å². The van der Waals surface area contributed by atoms with Gasteiger partial charge >= 0.3 is 5.97 Å². The number of benzene rings is 2. The van der Waals surface area contributed by atoms with Gasteiger partial charge in [0.15, 0.2) is 6.10 Å². The third-order valence-corrected chi connectivity index (χ3v) is 6.21. The van der Waals surface area contributed by atoms with E-state index in [0.717, 1.165) is 6.26 Å².